The molecule has 2 N–H and O–H groups in total. The molecule has 0 saturated heterocycles. The van der Waals surface area contributed by atoms with Gasteiger partial charge in [-0.05, 0) is 12.1 Å². The van der Waals surface area contributed by atoms with Gasteiger partial charge in [-0.25, -0.2) is 0 Å². The monoisotopic (exact) mass is 348 g/mol. The predicted octanol–water partition coefficient (Wildman–Crippen LogP) is 1.74. The van der Waals surface area contributed by atoms with Crippen molar-refractivity contribution < 1.29 is 14.6 Å². The molecule has 1 aliphatic heterocycles. The van der Waals surface area contributed by atoms with Crippen LogP contribution in [0.25, 0.3) is 5.52 Å². The van der Waals surface area contributed by atoms with E-state index in [2.05, 4.69) is 15.4 Å². The Morgan fingerprint density at radius 1 is 1.54 bits per heavy atom. The number of ether oxygens (including phenoxy) is 1. The molecule has 126 valence electrons. The van der Waals surface area contributed by atoms with Crippen LogP contribution in [0.3, 0.4) is 0 Å². The molecule has 24 heavy (non-hydrogen) atoms. The van der Waals surface area contributed by atoms with Gasteiger partial charge in [-0.1, -0.05) is 18.5 Å². The molecule has 1 atom stereocenters. The number of aliphatic hydroxyl groups excluding tert-OH is 1. The lowest BCUT2D eigenvalue weighted by molar-refractivity contribution is 0.0963. The second-order valence-electron chi connectivity index (χ2n) is 5.49. The summed E-state index contributed by atoms with van der Waals surface area (Å²) >= 11 is 6.15. The van der Waals surface area contributed by atoms with E-state index in [1.165, 1.54) is 11.6 Å². The van der Waals surface area contributed by atoms with Crippen LogP contribution in [-0.4, -0.2) is 40.5 Å². The van der Waals surface area contributed by atoms with Crippen LogP contribution in [0, 0.1) is 5.92 Å². The molecular weight excluding hydrogens is 332 g/mol. The Morgan fingerprint density at radius 2 is 2.33 bits per heavy atom. The quantitative estimate of drug-likeness (QED) is 0.880. The van der Waals surface area contributed by atoms with Crippen LogP contribution in [0.5, 0.6) is 5.88 Å². The zero-order valence-electron chi connectivity index (χ0n) is 13.3. The maximum absolute atomic E-state index is 12.7. The summed E-state index contributed by atoms with van der Waals surface area (Å²) < 4.78 is 6.73. The summed E-state index contributed by atoms with van der Waals surface area (Å²) in [6.45, 7) is 2.29. The van der Waals surface area contributed by atoms with E-state index in [0.29, 0.717) is 39.9 Å². The molecule has 7 nitrogen and oxygen atoms in total. The number of carbonyl (C=O) groups excluding carboxylic acids is 1. The lowest BCUT2D eigenvalue weighted by Gasteiger charge is -2.20. The van der Waals surface area contributed by atoms with Crippen molar-refractivity contribution in [2.45, 2.75) is 13.5 Å². The Morgan fingerprint density at radius 3 is 3.00 bits per heavy atom. The van der Waals surface area contributed by atoms with Gasteiger partial charge < -0.3 is 15.2 Å². The zero-order chi connectivity index (χ0) is 17.3. The van der Waals surface area contributed by atoms with Gasteiger partial charge in [0.2, 0.25) is 5.88 Å². The SMILES string of the molecule is COc1ccc(C(=O)NC2=C(Cl)C=NCC2C)c2cc(CO)nn12. The van der Waals surface area contributed by atoms with E-state index >= 15 is 0 Å². The third kappa shape index (κ3) is 2.88. The van der Waals surface area contributed by atoms with Crippen LogP contribution in [0.1, 0.15) is 23.0 Å². The highest BCUT2D eigenvalue weighted by Crippen LogP contribution is 2.23. The van der Waals surface area contributed by atoms with Gasteiger partial charge in [0.05, 0.1) is 35.5 Å². The molecule has 3 rings (SSSR count). The fourth-order valence-electron chi connectivity index (χ4n) is 2.58. The summed E-state index contributed by atoms with van der Waals surface area (Å²) in [5.41, 5.74) is 2.05. The first-order valence-corrected chi connectivity index (χ1v) is 7.80. The molecule has 0 fully saturated rings. The molecular formula is C16H17ClN4O3. The van der Waals surface area contributed by atoms with E-state index in [4.69, 9.17) is 16.3 Å². The molecule has 3 heterocycles. The molecule has 0 spiro atoms. The maximum Gasteiger partial charge on any atom is 0.257 e. The molecule has 0 aromatic carbocycles. The standard InChI is InChI=1S/C16H17ClN4O3/c1-9-6-18-7-12(17)15(9)19-16(23)11-3-4-14(24-2)21-13(11)5-10(8-22)20-21/h3-5,7,9,22H,6,8H2,1-2H3,(H,19,23). The maximum atomic E-state index is 12.7. The molecule has 1 aliphatic rings. The molecule has 2 aromatic rings. The number of aliphatic hydroxyl groups is 1. The number of pyridine rings is 1. The number of fused-ring (bicyclic) bond motifs is 1. The van der Waals surface area contributed by atoms with Gasteiger partial charge in [-0.3, -0.25) is 9.79 Å². The van der Waals surface area contributed by atoms with Crippen molar-refractivity contribution in [3.8, 4) is 5.88 Å². The summed E-state index contributed by atoms with van der Waals surface area (Å²) in [6, 6.07) is 4.96. The molecule has 1 amide bonds. The normalized spacial score (nSPS) is 17.4. The van der Waals surface area contributed by atoms with E-state index in [-0.39, 0.29) is 18.4 Å². The molecule has 8 heteroatoms. The smallest absolute Gasteiger partial charge is 0.257 e. The lowest BCUT2D eigenvalue weighted by atomic mass is 10.1. The van der Waals surface area contributed by atoms with E-state index in [1.807, 2.05) is 6.92 Å². The third-order valence-corrected chi connectivity index (χ3v) is 4.14. The van der Waals surface area contributed by atoms with Gasteiger partial charge in [0.1, 0.15) is 0 Å². The van der Waals surface area contributed by atoms with E-state index in [1.54, 1.807) is 24.4 Å². The minimum absolute atomic E-state index is 0.0265. The predicted molar refractivity (Wildman–Crippen MR) is 90.5 cm³/mol. The second-order valence-corrected chi connectivity index (χ2v) is 5.90. The summed E-state index contributed by atoms with van der Waals surface area (Å²) in [6.07, 6.45) is 1.55. The van der Waals surface area contributed by atoms with Gasteiger partial charge in [0.25, 0.3) is 5.91 Å². The minimum Gasteiger partial charge on any atom is -0.481 e. The third-order valence-electron chi connectivity index (χ3n) is 3.84. The fourth-order valence-corrected chi connectivity index (χ4v) is 2.89. The van der Waals surface area contributed by atoms with Crippen molar-refractivity contribution >= 4 is 29.2 Å². The van der Waals surface area contributed by atoms with Crippen molar-refractivity contribution in [3.05, 3.63) is 40.2 Å². The van der Waals surface area contributed by atoms with Crippen LogP contribution < -0.4 is 10.1 Å². The number of rotatable bonds is 4. The molecule has 0 radical (unpaired) electrons. The number of amides is 1. The second kappa shape index (κ2) is 6.62. The number of methoxy groups -OCH3 is 1. The number of aromatic nitrogens is 2. The van der Waals surface area contributed by atoms with Gasteiger partial charge >= 0.3 is 0 Å². The number of allylic oxidation sites excluding steroid dienone is 1. The minimum atomic E-state index is -0.303. The van der Waals surface area contributed by atoms with Crippen molar-refractivity contribution in [3.63, 3.8) is 0 Å². The van der Waals surface area contributed by atoms with Gasteiger partial charge in [0, 0.05) is 30.4 Å². The van der Waals surface area contributed by atoms with Crippen LogP contribution in [0.15, 0.2) is 33.9 Å². The fraction of sp³-hybridized carbons (Fsp3) is 0.312. The van der Waals surface area contributed by atoms with Crippen LogP contribution >= 0.6 is 11.6 Å². The lowest BCUT2D eigenvalue weighted by Crippen LogP contribution is -2.30. The van der Waals surface area contributed by atoms with E-state index in [9.17, 15) is 9.90 Å². The van der Waals surface area contributed by atoms with Gasteiger partial charge in [-0.15, -0.1) is 0 Å². The summed E-state index contributed by atoms with van der Waals surface area (Å²) in [5.74, 6) is 0.192. The molecule has 1 unspecified atom stereocenters. The number of halogens is 1. The number of nitrogens with zero attached hydrogens (tertiary/aromatic N) is 3. The van der Waals surface area contributed by atoms with Crippen LogP contribution in [-0.2, 0) is 6.61 Å². The average Bonchev–Trinajstić information content (AvgIpc) is 3.01. The van der Waals surface area contributed by atoms with Crippen LogP contribution in [0.2, 0.25) is 0 Å². The highest BCUT2D eigenvalue weighted by atomic mass is 35.5. The zero-order valence-corrected chi connectivity index (χ0v) is 14.0. The first-order valence-electron chi connectivity index (χ1n) is 7.42. The Kier molecular flexibility index (Phi) is 4.55. The number of nitrogens with one attached hydrogen (secondary N) is 1. The Balaban J connectivity index is 2.01. The van der Waals surface area contributed by atoms with Crippen molar-refractivity contribution in [1.29, 1.82) is 0 Å². The van der Waals surface area contributed by atoms with Gasteiger partial charge in [-0.2, -0.15) is 9.61 Å². The van der Waals surface area contributed by atoms with Crippen molar-refractivity contribution in [2.75, 3.05) is 13.7 Å². The summed E-state index contributed by atoms with van der Waals surface area (Å²) in [7, 11) is 1.52. The average molecular weight is 349 g/mol. The number of dihydropyridines is 1. The first-order chi connectivity index (χ1) is 11.5. The number of hydrogen-bond donors (Lipinski definition) is 2. The van der Waals surface area contributed by atoms with Crippen molar-refractivity contribution in [1.82, 2.24) is 14.9 Å². The van der Waals surface area contributed by atoms with Crippen LogP contribution in [0.4, 0.5) is 0 Å². The Labute approximate surface area is 143 Å². The number of hydrogen-bond acceptors (Lipinski definition) is 5. The molecule has 0 aliphatic carbocycles. The highest BCUT2D eigenvalue weighted by molar-refractivity contribution is 6.40. The Hall–Kier alpha value is -2.38. The molecule has 0 bridgehead atoms. The summed E-state index contributed by atoms with van der Waals surface area (Å²) in [4.78, 5) is 16.9. The summed E-state index contributed by atoms with van der Waals surface area (Å²) in [5, 5.41) is 16.8. The van der Waals surface area contributed by atoms with Gasteiger partial charge in [0.15, 0.2) is 0 Å². The highest BCUT2D eigenvalue weighted by Gasteiger charge is 2.21. The van der Waals surface area contributed by atoms with Crippen molar-refractivity contribution in [2.24, 2.45) is 10.9 Å². The van der Waals surface area contributed by atoms with E-state index < -0.39 is 0 Å². The first kappa shape index (κ1) is 16.5. The van der Waals surface area contributed by atoms with E-state index in [0.717, 1.165) is 0 Å². The molecule has 0 saturated carbocycles. The topological polar surface area (TPSA) is 88.2 Å². The number of carbonyl (C=O) groups is 1. The molecule has 2 aromatic heterocycles. The largest absolute Gasteiger partial charge is 0.481 e. The Bertz CT molecular complexity index is 856. The number of aliphatic imine (C=N–C) groups is 1.